The Bertz CT molecular complexity index is 799. The van der Waals surface area contributed by atoms with E-state index in [1.54, 1.807) is 4.90 Å². The number of nitrogens with zero attached hydrogens (tertiary/aromatic N) is 3. The van der Waals surface area contributed by atoms with Crippen LogP contribution in [-0.2, 0) is 11.2 Å². The Kier molecular flexibility index (Phi) is 5.33. The van der Waals surface area contributed by atoms with Crippen LogP contribution in [0, 0.1) is 0 Å². The second kappa shape index (κ2) is 8.04. The van der Waals surface area contributed by atoms with E-state index in [1.807, 2.05) is 30.3 Å². The highest BCUT2D eigenvalue weighted by Crippen LogP contribution is 2.42. The first kappa shape index (κ1) is 17.9. The molecule has 1 aliphatic heterocycles. The van der Waals surface area contributed by atoms with Gasteiger partial charge in [-0.25, -0.2) is 4.79 Å². The van der Waals surface area contributed by atoms with Gasteiger partial charge in [0.2, 0.25) is 11.0 Å². The minimum atomic E-state index is -0.659. The minimum Gasteiger partial charge on any atom is -0.326 e. The Morgan fingerprint density at radius 3 is 2.59 bits per heavy atom. The zero-order valence-corrected chi connectivity index (χ0v) is 15.9. The lowest BCUT2D eigenvalue weighted by Crippen LogP contribution is -2.49. The van der Waals surface area contributed by atoms with Crippen LogP contribution < -0.4 is 10.6 Å². The molecule has 0 spiro atoms. The third kappa shape index (κ3) is 4.63. The fourth-order valence-electron chi connectivity index (χ4n) is 3.19. The van der Waals surface area contributed by atoms with Gasteiger partial charge < -0.3 is 10.2 Å². The lowest BCUT2D eigenvalue weighted by atomic mass is 10.1. The first-order chi connectivity index (χ1) is 13.2. The fraction of sp³-hybridized carbons (Fsp3) is 0.474. The van der Waals surface area contributed by atoms with Crippen LogP contribution in [-0.4, -0.2) is 46.2 Å². The van der Waals surface area contributed by atoms with Crippen LogP contribution in [0.5, 0.6) is 0 Å². The first-order valence-electron chi connectivity index (χ1n) is 9.42. The van der Waals surface area contributed by atoms with E-state index in [-0.39, 0.29) is 11.9 Å². The highest BCUT2D eigenvalue weighted by molar-refractivity contribution is 7.15. The number of nitrogens with one attached hydrogen (secondary N) is 2. The van der Waals surface area contributed by atoms with E-state index in [9.17, 15) is 9.59 Å². The number of carbonyl (C=O) groups excluding carboxylic acids is 2. The van der Waals surface area contributed by atoms with Crippen LogP contribution in [0.1, 0.15) is 42.2 Å². The fourth-order valence-corrected chi connectivity index (χ4v) is 4.11. The summed E-state index contributed by atoms with van der Waals surface area (Å²) in [5, 5.41) is 15.4. The molecule has 7 nitrogen and oxygen atoms in total. The molecule has 2 N–H and O–H groups in total. The lowest BCUT2D eigenvalue weighted by molar-refractivity contribution is -0.118. The number of hydrogen-bond donors (Lipinski definition) is 2. The molecule has 1 unspecified atom stereocenters. The molecular weight excluding hydrogens is 362 g/mol. The quantitative estimate of drug-likeness (QED) is 0.800. The van der Waals surface area contributed by atoms with E-state index >= 15 is 0 Å². The van der Waals surface area contributed by atoms with Gasteiger partial charge >= 0.3 is 6.03 Å². The molecule has 2 aliphatic rings. The molecule has 27 heavy (non-hydrogen) atoms. The number of hydrogen-bond acceptors (Lipinski definition) is 5. The molecule has 2 heterocycles. The number of rotatable bonds is 6. The number of anilines is 1. The third-order valence-corrected chi connectivity index (χ3v) is 5.89. The predicted molar refractivity (Wildman–Crippen MR) is 104 cm³/mol. The van der Waals surface area contributed by atoms with E-state index in [0.29, 0.717) is 17.5 Å². The zero-order chi connectivity index (χ0) is 18.6. The summed E-state index contributed by atoms with van der Waals surface area (Å²) in [7, 11) is 0. The normalized spacial score (nSPS) is 17.6. The van der Waals surface area contributed by atoms with E-state index in [4.69, 9.17) is 0 Å². The largest absolute Gasteiger partial charge is 0.326 e. The van der Waals surface area contributed by atoms with Gasteiger partial charge in [0.1, 0.15) is 11.0 Å². The first-order valence-corrected chi connectivity index (χ1v) is 10.2. The summed E-state index contributed by atoms with van der Waals surface area (Å²) in [6.07, 6.45) is 4.74. The molecule has 0 bridgehead atoms. The van der Waals surface area contributed by atoms with Crippen molar-refractivity contribution in [3.8, 4) is 0 Å². The monoisotopic (exact) mass is 385 g/mol. The topological polar surface area (TPSA) is 87.2 Å². The number of likely N-dealkylation sites (tertiary alicyclic amines) is 1. The molecule has 8 heteroatoms. The summed E-state index contributed by atoms with van der Waals surface area (Å²) < 4.78 is 0. The van der Waals surface area contributed by atoms with Crippen molar-refractivity contribution < 1.29 is 9.59 Å². The van der Waals surface area contributed by atoms with Crippen molar-refractivity contribution >= 4 is 28.4 Å². The van der Waals surface area contributed by atoms with Crippen molar-refractivity contribution in [3.63, 3.8) is 0 Å². The molecule has 1 aliphatic carbocycles. The SMILES string of the molecule is O=C(Nc1nnc(C2CC2)s1)C(Cc1ccccc1)NC(=O)N1CCCC1. The lowest BCUT2D eigenvalue weighted by Gasteiger charge is -2.22. The van der Waals surface area contributed by atoms with Crippen molar-refractivity contribution in [3.05, 3.63) is 40.9 Å². The van der Waals surface area contributed by atoms with Gasteiger partial charge in [-0.2, -0.15) is 0 Å². The van der Waals surface area contributed by atoms with Gasteiger partial charge in [0.05, 0.1) is 0 Å². The summed E-state index contributed by atoms with van der Waals surface area (Å²) >= 11 is 1.42. The van der Waals surface area contributed by atoms with Crippen molar-refractivity contribution in [2.75, 3.05) is 18.4 Å². The van der Waals surface area contributed by atoms with Gasteiger partial charge in [0.15, 0.2) is 0 Å². The Balaban J connectivity index is 1.44. The molecule has 1 saturated heterocycles. The van der Waals surface area contributed by atoms with Gasteiger partial charge in [-0.15, -0.1) is 10.2 Å². The zero-order valence-electron chi connectivity index (χ0n) is 15.1. The van der Waals surface area contributed by atoms with Crippen LogP contribution >= 0.6 is 11.3 Å². The number of amides is 3. The average Bonchev–Trinajstić information content (AvgIpc) is 3.18. The standard InChI is InChI=1S/C19H23N5O2S/c25-16(21-18-23-22-17(27-18)14-8-9-14)15(12-13-6-2-1-3-7-13)20-19(26)24-10-4-5-11-24/h1-3,6-7,14-15H,4-5,8-12H2,(H,20,26)(H,21,23,25). The number of aromatic nitrogens is 2. The van der Waals surface area contributed by atoms with Gasteiger partial charge in [0, 0.05) is 25.4 Å². The van der Waals surface area contributed by atoms with Gasteiger partial charge in [-0.3, -0.25) is 10.1 Å². The van der Waals surface area contributed by atoms with Gasteiger partial charge in [0.25, 0.3) is 0 Å². The Hall–Kier alpha value is -2.48. The Labute approximate surface area is 162 Å². The van der Waals surface area contributed by atoms with Crippen LogP contribution in [0.4, 0.5) is 9.93 Å². The molecule has 0 radical (unpaired) electrons. The summed E-state index contributed by atoms with van der Waals surface area (Å²) in [5.74, 6) is 0.244. The maximum atomic E-state index is 12.9. The predicted octanol–water partition coefficient (Wildman–Crippen LogP) is 2.77. The summed E-state index contributed by atoms with van der Waals surface area (Å²) in [6, 6.07) is 8.87. The second-order valence-electron chi connectivity index (χ2n) is 7.09. The van der Waals surface area contributed by atoms with Gasteiger partial charge in [-0.1, -0.05) is 41.7 Å². The van der Waals surface area contributed by atoms with E-state index in [2.05, 4.69) is 20.8 Å². The molecule has 1 saturated carbocycles. The summed E-state index contributed by atoms with van der Waals surface area (Å²) in [6.45, 7) is 1.49. The van der Waals surface area contributed by atoms with Crippen LogP contribution in [0.2, 0.25) is 0 Å². The molecule has 4 rings (SSSR count). The minimum absolute atomic E-state index is 0.181. The maximum Gasteiger partial charge on any atom is 0.318 e. The highest BCUT2D eigenvalue weighted by Gasteiger charge is 2.29. The van der Waals surface area contributed by atoms with Gasteiger partial charge in [-0.05, 0) is 31.2 Å². The summed E-state index contributed by atoms with van der Waals surface area (Å²) in [5.41, 5.74) is 0.996. The molecular formula is C19H23N5O2S. The molecule has 142 valence electrons. The number of carbonyl (C=O) groups is 2. The van der Waals surface area contributed by atoms with Crippen LogP contribution in [0.25, 0.3) is 0 Å². The van der Waals surface area contributed by atoms with Crippen LogP contribution in [0.3, 0.4) is 0 Å². The Morgan fingerprint density at radius 2 is 1.89 bits per heavy atom. The number of urea groups is 1. The van der Waals surface area contributed by atoms with E-state index in [1.165, 1.54) is 11.3 Å². The average molecular weight is 385 g/mol. The van der Waals surface area contributed by atoms with Crippen molar-refractivity contribution in [2.24, 2.45) is 0 Å². The van der Waals surface area contributed by atoms with Crippen molar-refractivity contribution in [1.29, 1.82) is 0 Å². The summed E-state index contributed by atoms with van der Waals surface area (Å²) in [4.78, 5) is 27.1. The van der Waals surface area contributed by atoms with Crippen LogP contribution in [0.15, 0.2) is 30.3 Å². The molecule has 1 aromatic carbocycles. The highest BCUT2D eigenvalue weighted by atomic mass is 32.1. The second-order valence-corrected chi connectivity index (χ2v) is 8.10. The molecule has 2 fully saturated rings. The molecule has 3 amide bonds. The third-order valence-electron chi connectivity index (χ3n) is 4.89. The molecule has 1 aromatic heterocycles. The van der Waals surface area contributed by atoms with E-state index in [0.717, 1.165) is 49.3 Å². The smallest absolute Gasteiger partial charge is 0.318 e. The van der Waals surface area contributed by atoms with Crippen molar-refractivity contribution in [2.45, 2.75) is 44.1 Å². The Morgan fingerprint density at radius 1 is 1.15 bits per heavy atom. The maximum absolute atomic E-state index is 12.9. The van der Waals surface area contributed by atoms with Crippen molar-refractivity contribution in [1.82, 2.24) is 20.4 Å². The molecule has 1 atom stereocenters. The van der Waals surface area contributed by atoms with E-state index < -0.39 is 6.04 Å². The molecule has 2 aromatic rings. The number of benzene rings is 1.